The number of para-hydroxylation sites is 1. The second-order valence-corrected chi connectivity index (χ2v) is 7.17. The third kappa shape index (κ3) is 3.45. The van der Waals surface area contributed by atoms with E-state index in [1.54, 1.807) is 0 Å². The van der Waals surface area contributed by atoms with E-state index in [-0.39, 0.29) is 5.91 Å². The van der Waals surface area contributed by atoms with Crippen molar-refractivity contribution in [2.45, 2.75) is 24.0 Å². The third-order valence-electron chi connectivity index (χ3n) is 3.68. The predicted molar refractivity (Wildman–Crippen MR) is 93.8 cm³/mol. The number of fused-ring (bicyclic) bond motifs is 1. The van der Waals surface area contributed by atoms with Crippen LogP contribution in [-0.4, -0.2) is 24.2 Å². The number of rotatable bonds is 3. The maximum absolute atomic E-state index is 12.3. The monoisotopic (exact) mass is 312 g/mol. The normalized spacial score (nSPS) is 17.0. The average molecular weight is 312 g/mol. The topological polar surface area (TPSA) is 32.3 Å². The molecule has 1 amide bonds. The van der Waals surface area contributed by atoms with Gasteiger partial charge in [0.2, 0.25) is 5.91 Å². The quantitative estimate of drug-likeness (QED) is 0.932. The Morgan fingerprint density at radius 2 is 1.95 bits per heavy atom. The smallest absolute Gasteiger partial charge is 0.243 e. The van der Waals surface area contributed by atoms with Gasteiger partial charge < -0.3 is 10.2 Å². The van der Waals surface area contributed by atoms with Crippen LogP contribution in [0.5, 0.6) is 0 Å². The van der Waals surface area contributed by atoms with Gasteiger partial charge in [0.1, 0.15) is 0 Å². The van der Waals surface area contributed by atoms with Gasteiger partial charge in [-0.25, -0.2) is 0 Å². The number of anilines is 2. The van der Waals surface area contributed by atoms with Gasteiger partial charge in [-0.3, -0.25) is 4.79 Å². The van der Waals surface area contributed by atoms with Crippen LogP contribution in [0, 0.1) is 6.92 Å². The van der Waals surface area contributed by atoms with E-state index < -0.39 is 0 Å². The van der Waals surface area contributed by atoms with E-state index in [0.29, 0.717) is 11.8 Å². The fraction of sp³-hybridized carbons (Fsp3) is 0.278. The number of hydrogen-bond donors (Lipinski definition) is 1. The lowest BCUT2D eigenvalue weighted by atomic mass is 10.2. The van der Waals surface area contributed by atoms with Crippen molar-refractivity contribution >= 4 is 29.0 Å². The molecule has 1 aliphatic rings. The number of benzene rings is 2. The Kier molecular flexibility index (Phi) is 4.39. The van der Waals surface area contributed by atoms with Crippen LogP contribution >= 0.6 is 11.8 Å². The molecule has 1 atom stereocenters. The molecule has 0 saturated carbocycles. The van der Waals surface area contributed by atoms with Crippen LogP contribution in [0.3, 0.4) is 0 Å². The number of carbonyl (C=O) groups excluding carboxylic acids is 1. The van der Waals surface area contributed by atoms with Crippen molar-refractivity contribution in [1.29, 1.82) is 0 Å². The molecule has 1 aliphatic heterocycles. The first-order chi connectivity index (χ1) is 10.6. The number of aryl methyl sites for hydroxylation is 1. The largest absolute Gasteiger partial charge is 0.360 e. The van der Waals surface area contributed by atoms with Gasteiger partial charge in [0.15, 0.2) is 0 Å². The number of carbonyl (C=O) groups is 1. The van der Waals surface area contributed by atoms with E-state index >= 15 is 0 Å². The van der Waals surface area contributed by atoms with E-state index in [9.17, 15) is 4.79 Å². The zero-order valence-electron chi connectivity index (χ0n) is 12.9. The van der Waals surface area contributed by atoms with E-state index in [2.05, 4.69) is 35.3 Å². The standard InChI is InChI=1S/C18H20N2OS/c1-13-7-9-15(10-8-13)19-18(21)12-20-11-14(2)22-17-6-4-3-5-16(17)20/h3-10,14H,11-12H2,1-2H3,(H,19,21)/t14-/m1/s1. The minimum atomic E-state index is 0.0257. The van der Waals surface area contributed by atoms with Crippen LogP contribution in [0.4, 0.5) is 11.4 Å². The van der Waals surface area contributed by atoms with E-state index in [1.165, 1.54) is 10.5 Å². The van der Waals surface area contributed by atoms with E-state index in [0.717, 1.165) is 17.9 Å². The molecule has 0 unspecified atom stereocenters. The van der Waals surface area contributed by atoms with Crippen molar-refractivity contribution in [1.82, 2.24) is 0 Å². The zero-order valence-corrected chi connectivity index (χ0v) is 13.7. The number of nitrogens with one attached hydrogen (secondary N) is 1. The van der Waals surface area contributed by atoms with Crippen molar-refractivity contribution in [3.8, 4) is 0 Å². The van der Waals surface area contributed by atoms with Gasteiger partial charge in [-0.15, -0.1) is 11.8 Å². The molecule has 1 N–H and O–H groups in total. The second kappa shape index (κ2) is 6.44. The highest BCUT2D eigenvalue weighted by Gasteiger charge is 2.23. The predicted octanol–water partition coefficient (Wildman–Crippen LogP) is 3.93. The van der Waals surface area contributed by atoms with Gasteiger partial charge in [0.05, 0.1) is 12.2 Å². The molecule has 3 nitrogen and oxygen atoms in total. The third-order valence-corrected chi connectivity index (χ3v) is 4.83. The minimum Gasteiger partial charge on any atom is -0.360 e. The van der Waals surface area contributed by atoms with Crippen LogP contribution in [0.1, 0.15) is 12.5 Å². The molecule has 3 rings (SSSR count). The summed E-state index contributed by atoms with van der Waals surface area (Å²) in [5, 5.41) is 3.46. The molecule has 0 fully saturated rings. The molecule has 2 aromatic carbocycles. The molecule has 114 valence electrons. The molecule has 0 aromatic heterocycles. The van der Waals surface area contributed by atoms with E-state index in [1.807, 2.05) is 49.0 Å². The molecule has 2 aromatic rings. The van der Waals surface area contributed by atoms with Crippen molar-refractivity contribution < 1.29 is 4.79 Å². The lowest BCUT2D eigenvalue weighted by molar-refractivity contribution is -0.115. The molecule has 0 radical (unpaired) electrons. The molecule has 4 heteroatoms. The summed E-state index contributed by atoms with van der Waals surface area (Å²) in [6, 6.07) is 16.2. The summed E-state index contributed by atoms with van der Waals surface area (Å²) < 4.78 is 0. The molecule has 0 bridgehead atoms. The summed E-state index contributed by atoms with van der Waals surface area (Å²) in [5.41, 5.74) is 3.20. The van der Waals surface area contributed by atoms with Crippen molar-refractivity contribution in [2.75, 3.05) is 23.3 Å². The van der Waals surface area contributed by atoms with Gasteiger partial charge in [-0.05, 0) is 31.2 Å². The molecular formula is C18H20N2OS. The summed E-state index contributed by atoms with van der Waals surface area (Å²) in [6.45, 7) is 5.51. The summed E-state index contributed by atoms with van der Waals surface area (Å²) in [5.74, 6) is 0.0257. The Balaban J connectivity index is 1.70. The Bertz CT molecular complexity index is 669. The molecule has 0 saturated heterocycles. The van der Waals surface area contributed by atoms with Gasteiger partial charge >= 0.3 is 0 Å². The number of nitrogens with zero attached hydrogens (tertiary/aromatic N) is 1. The van der Waals surface area contributed by atoms with Gasteiger partial charge in [-0.1, -0.05) is 36.8 Å². The van der Waals surface area contributed by atoms with Gasteiger partial charge in [0.25, 0.3) is 0 Å². The Morgan fingerprint density at radius 1 is 1.23 bits per heavy atom. The molecule has 0 spiro atoms. The summed E-state index contributed by atoms with van der Waals surface area (Å²) in [7, 11) is 0. The van der Waals surface area contributed by atoms with Gasteiger partial charge in [-0.2, -0.15) is 0 Å². The van der Waals surface area contributed by atoms with Crippen molar-refractivity contribution in [3.05, 3.63) is 54.1 Å². The maximum Gasteiger partial charge on any atom is 0.243 e. The maximum atomic E-state index is 12.3. The van der Waals surface area contributed by atoms with Crippen molar-refractivity contribution in [3.63, 3.8) is 0 Å². The first-order valence-corrected chi connectivity index (χ1v) is 8.37. The molecule has 1 heterocycles. The number of amides is 1. The Hall–Kier alpha value is -1.94. The summed E-state index contributed by atoms with van der Waals surface area (Å²) in [6.07, 6.45) is 0. The average Bonchev–Trinajstić information content (AvgIpc) is 2.49. The lowest BCUT2D eigenvalue weighted by Gasteiger charge is -2.33. The lowest BCUT2D eigenvalue weighted by Crippen LogP contribution is -2.39. The van der Waals surface area contributed by atoms with E-state index in [4.69, 9.17) is 0 Å². The molecule has 0 aliphatic carbocycles. The second-order valence-electron chi connectivity index (χ2n) is 5.69. The van der Waals surface area contributed by atoms with Gasteiger partial charge in [0, 0.05) is 22.4 Å². The Labute approximate surface area is 135 Å². The summed E-state index contributed by atoms with van der Waals surface area (Å²) in [4.78, 5) is 15.7. The molecule has 22 heavy (non-hydrogen) atoms. The van der Waals surface area contributed by atoms with Crippen LogP contribution < -0.4 is 10.2 Å². The number of hydrogen-bond acceptors (Lipinski definition) is 3. The minimum absolute atomic E-state index is 0.0257. The highest BCUT2D eigenvalue weighted by Crippen LogP contribution is 2.37. The van der Waals surface area contributed by atoms with Crippen LogP contribution in [0.25, 0.3) is 0 Å². The highest BCUT2D eigenvalue weighted by atomic mass is 32.2. The van der Waals surface area contributed by atoms with Crippen LogP contribution in [0.15, 0.2) is 53.4 Å². The number of thioether (sulfide) groups is 1. The highest BCUT2D eigenvalue weighted by molar-refractivity contribution is 8.00. The fourth-order valence-corrected chi connectivity index (χ4v) is 3.80. The molecular weight excluding hydrogens is 292 g/mol. The SMILES string of the molecule is Cc1ccc(NC(=O)CN2C[C@@H](C)Sc3ccccc32)cc1. The first kappa shape index (κ1) is 15.0. The fourth-order valence-electron chi connectivity index (χ4n) is 2.64. The first-order valence-electron chi connectivity index (χ1n) is 7.49. The Morgan fingerprint density at radius 3 is 2.73 bits per heavy atom. The van der Waals surface area contributed by atoms with Crippen molar-refractivity contribution in [2.24, 2.45) is 0 Å². The summed E-state index contributed by atoms with van der Waals surface area (Å²) >= 11 is 1.87. The van der Waals surface area contributed by atoms with Crippen LogP contribution in [0.2, 0.25) is 0 Å². The van der Waals surface area contributed by atoms with Crippen LogP contribution in [-0.2, 0) is 4.79 Å². The zero-order chi connectivity index (χ0) is 15.5.